The Morgan fingerprint density at radius 1 is 1.21 bits per heavy atom. The summed E-state index contributed by atoms with van der Waals surface area (Å²) in [4.78, 5) is 14.0. The number of hydrogen-bond acceptors (Lipinski definition) is 4. The van der Waals surface area contributed by atoms with E-state index in [9.17, 15) is 4.79 Å². The Kier molecular flexibility index (Phi) is 4.58. The zero-order valence-electron chi connectivity index (χ0n) is 11.4. The van der Waals surface area contributed by atoms with Crippen molar-refractivity contribution in [1.29, 1.82) is 0 Å². The van der Waals surface area contributed by atoms with Gasteiger partial charge in [0.2, 0.25) is 0 Å². The second-order valence-electron chi connectivity index (χ2n) is 4.32. The summed E-state index contributed by atoms with van der Waals surface area (Å²) in [5, 5.41) is 0.558. The molecule has 1 aromatic heterocycles. The first-order valence-electron chi connectivity index (χ1n) is 6.61. The van der Waals surface area contributed by atoms with Gasteiger partial charge in [0.05, 0.1) is 11.6 Å². The Bertz CT molecular complexity index is 587. The van der Waals surface area contributed by atoms with Gasteiger partial charge in [0.25, 0.3) is 0 Å². The van der Waals surface area contributed by atoms with E-state index in [2.05, 4.69) is 18.7 Å². The molecule has 19 heavy (non-hydrogen) atoms. The molecule has 2 aromatic rings. The zero-order valence-corrected chi connectivity index (χ0v) is 11.4. The van der Waals surface area contributed by atoms with Crippen LogP contribution >= 0.6 is 0 Å². The second-order valence-corrected chi connectivity index (χ2v) is 4.32. The van der Waals surface area contributed by atoms with Crippen LogP contribution in [0.25, 0.3) is 11.0 Å². The zero-order chi connectivity index (χ0) is 13.7. The molecule has 0 radical (unpaired) electrons. The van der Waals surface area contributed by atoms with E-state index in [-0.39, 0.29) is 5.43 Å². The lowest BCUT2D eigenvalue weighted by molar-refractivity contribution is 0.223. The van der Waals surface area contributed by atoms with Crippen LogP contribution in [0.2, 0.25) is 0 Å². The van der Waals surface area contributed by atoms with Crippen LogP contribution in [0.4, 0.5) is 0 Å². The van der Waals surface area contributed by atoms with Crippen LogP contribution in [-0.4, -0.2) is 31.1 Å². The van der Waals surface area contributed by atoms with Gasteiger partial charge in [-0.25, -0.2) is 0 Å². The van der Waals surface area contributed by atoms with Gasteiger partial charge in [0, 0.05) is 12.6 Å². The van der Waals surface area contributed by atoms with E-state index in [0.717, 1.165) is 19.6 Å². The van der Waals surface area contributed by atoms with E-state index in [1.807, 2.05) is 6.07 Å². The quantitative estimate of drug-likeness (QED) is 0.801. The summed E-state index contributed by atoms with van der Waals surface area (Å²) in [5.74, 6) is 0.707. The molecule has 0 unspecified atom stereocenters. The van der Waals surface area contributed by atoms with Crippen molar-refractivity contribution in [3.8, 4) is 5.75 Å². The lowest BCUT2D eigenvalue weighted by Gasteiger charge is -2.18. The van der Waals surface area contributed by atoms with E-state index in [0.29, 0.717) is 23.3 Å². The molecule has 0 saturated heterocycles. The molecule has 2 rings (SSSR count). The molecule has 0 aliphatic heterocycles. The first-order chi connectivity index (χ1) is 9.24. The molecule has 0 atom stereocenters. The summed E-state index contributed by atoms with van der Waals surface area (Å²) >= 11 is 0. The predicted octanol–water partition coefficient (Wildman–Crippen LogP) is 2.51. The second kappa shape index (κ2) is 6.38. The maximum absolute atomic E-state index is 11.7. The fourth-order valence-electron chi connectivity index (χ4n) is 1.99. The van der Waals surface area contributed by atoms with Crippen molar-refractivity contribution in [3.63, 3.8) is 0 Å². The minimum absolute atomic E-state index is 0.0459. The number of benzene rings is 1. The highest BCUT2D eigenvalue weighted by atomic mass is 16.5. The molecular formula is C15H19NO3. The summed E-state index contributed by atoms with van der Waals surface area (Å²) in [6.45, 7) is 7.79. The largest absolute Gasteiger partial charge is 0.492 e. The highest BCUT2D eigenvalue weighted by Crippen LogP contribution is 2.17. The third kappa shape index (κ3) is 3.35. The molecular weight excluding hydrogens is 242 g/mol. The van der Waals surface area contributed by atoms with Gasteiger partial charge < -0.3 is 14.1 Å². The molecule has 0 fully saturated rings. The molecule has 0 N–H and O–H groups in total. The van der Waals surface area contributed by atoms with Gasteiger partial charge in [-0.3, -0.25) is 4.79 Å². The Morgan fingerprint density at radius 2 is 2.00 bits per heavy atom. The van der Waals surface area contributed by atoms with Crippen molar-refractivity contribution in [3.05, 3.63) is 40.8 Å². The van der Waals surface area contributed by atoms with Gasteiger partial charge >= 0.3 is 0 Å². The van der Waals surface area contributed by atoms with E-state index < -0.39 is 0 Å². The first-order valence-corrected chi connectivity index (χ1v) is 6.61. The average molecular weight is 261 g/mol. The van der Waals surface area contributed by atoms with E-state index in [1.54, 1.807) is 12.1 Å². The van der Waals surface area contributed by atoms with Crippen LogP contribution in [0, 0.1) is 0 Å². The molecule has 0 aliphatic carbocycles. The van der Waals surface area contributed by atoms with Crippen molar-refractivity contribution < 1.29 is 9.15 Å². The van der Waals surface area contributed by atoms with E-state index >= 15 is 0 Å². The van der Waals surface area contributed by atoms with Crippen LogP contribution in [0.15, 0.2) is 39.7 Å². The molecule has 4 heteroatoms. The fraction of sp³-hybridized carbons (Fsp3) is 0.400. The summed E-state index contributed by atoms with van der Waals surface area (Å²) < 4.78 is 10.9. The average Bonchev–Trinajstić information content (AvgIpc) is 2.44. The maximum atomic E-state index is 11.7. The van der Waals surface area contributed by atoms with Gasteiger partial charge in [0.1, 0.15) is 17.9 Å². The van der Waals surface area contributed by atoms with Crippen LogP contribution in [-0.2, 0) is 0 Å². The first kappa shape index (κ1) is 13.6. The van der Waals surface area contributed by atoms with Crippen molar-refractivity contribution in [1.82, 2.24) is 4.90 Å². The number of fused-ring (bicyclic) bond motifs is 1. The molecule has 1 heterocycles. The minimum Gasteiger partial charge on any atom is -0.492 e. The molecule has 0 bridgehead atoms. The van der Waals surface area contributed by atoms with Crippen LogP contribution in [0.1, 0.15) is 13.8 Å². The molecule has 0 spiro atoms. The minimum atomic E-state index is -0.0459. The Hall–Kier alpha value is -1.81. The molecule has 4 nitrogen and oxygen atoms in total. The van der Waals surface area contributed by atoms with Crippen molar-refractivity contribution in [2.24, 2.45) is 0 Å². The molecule has 102 valence electrons. The number of likely N-dealkylation sites (N-methyl/N-ethyl adjacent to an activating group) is 1. The van der Waals surface area contributed by atoms with Gasteiger partial charge in [0.15, 0.2) is 5.43 Å². The van der Waals surface area contributed by atoms with Gasteiger partial charge in [-0.2, -0.15) is 0 Å². The van der Waals surface area contributed by atoms with Gasteiger partial charge in [-0.05, 0) is 31.3 Å². The number of nitrogens with zero attached hydrogens (tertiary/aromatic N) is 1. The van der Waals surface area contributed by atoms with E-state index in [1.165, 1.54) is 12.3 Å². The summed E-state index contributed by atoms with van der Waals surface area (Å²) in [5.41, 5.74) is 0.541. The predicted molar refractivity (Wildman–Crippen MR) is 75.8 cm³/mol. The third-order valence-electron chi connectivity index (χ3n) is 3.20. The Labute approximate surface area is 112 Å². The summed E-state index contributed by atoms with van der Waals surface area (Å²) in [7, 11) is 0. The van der Waals surface area contributed by atoms with Gasteiger partial charge in [-0.15, -0.1) is 0 Å². The number of ether oxygens (including phenoxy) is 1. The monoisotopic (exact) mass is 261 g/mol. The Balaban J connectivity index is 2.05. The van der Waals surface area contributed by atoms with Crippen LogP contribution in [0.3, 0.4) is 0 Å². The smallest absolute Gasteiger partial charge is 0.192 e. The Morgan fingerprint density at radius 3 is 2.74 bits per heavy atom. The standard InChI is InChI=1S/C15H19NO3/c1-3-16(4-2)8-10-18-12-5-6-15-13(11-12)14(17)7-9-19-15/h5-7,9,11H,3-4,8,10H2,1-2H3. The number of rotatable bonds is 6. The molecule has 0 amide bonds. The SMILES string of the molecule is CCN(CC)CCOc1ccc2occc(=O)c2c1. The summed E-state index contributed by atoms with van der Waals surface area (Å²) in [6.07, 6.45) is 1.41. The molecule has 1 aromatic carbocycles. The number of hydrogen-bond donors (Lipinski definition) is 0. The lowest BCUT2D eigenvalue weighted by Crippen LogP contribution is -2.27. The molecule has 0 saturated carbocycles. The van der Waals surface area contributed by atoms with Crippen LogP contribution in [0.5, 0.6) is 5.75 Å². The van der Waals surface area contributed by atoms with Crippen molar-refractivity contribution in [2.75, 3.05) is 26.2 Å². The van der Waals surface area contributed by atoms with Crippen molar-refractivity contribution in [2.45, 2.75) is 13.8 Å². The highest BCUT2D eigenvalue weighted by Gasteiger charge is 2.03. The fourth-order valence-corrected chi connectivity index (χ4v) is 1.99. The van der Waals surface area contributed by atoms with E-state index in [4.69, 9.17) is 9.15 Å². The van der Waals surface area contributed by atoms with Crippen LogP contribution < -0.4 is 10.2 Å². The van der Waals surface area contributed by atoms with Gasteiger partial charge in [-0.1, -0.05) is 13.8 Å². The maximum Gasteiger partial charge on any atom is 0.192 e. The topological polar surface area (TPSA) is 42.7 Å². The third-order valence-corrected chi connectivity index (χ3v) is 3.20. The molecule has 0 aliphatic rings. The summed E-state index contributed by atoms with van der Waals surface area (Å²) in [6, 6.07) is 6.75. The van der Waals surface area contributed by atoms with Crippen molar-refractivity contribution >= 4 is 11.0 Å². The lowest BCUT2D eigenvalue weighted by atomic mass is 10.2. The normalized spacial score (nSPS) is 11.1. The highest BCUT2D eigenvalue weighted by molar-refractivity contribution is 5.77.